The highest BCUT2D eigenvalue weighted by atomic mass is 15.6. The summed E-state index contributed by atoms with van der Waals surface area (Å²) in [7, 11) is 1.96. The monoisotopic (exact) mass is 309 g/mol. The molecule has 7 heteroatoms. The van der Waals surface area contributed by atoms with Crippen LogP contribution in [0.3, 0.4) is 0 Å². The molecule has 3 aromatic rings. The van der Waals surface area contributed by atoms with E-state index in [9.17, 15) is 0 Å². The molecule has 0 amide bonds. The zero-order chi connectivity index (χ0) is 15.6. The summed E-state index contributed by atoms with van der Waals surface area (Å²) < 4.78 is 3.68. The van der Waals surface area contributed by atoms with Crippen molar-refractivity contribution < 1.29 is 0 Å². The molecule has 0 saturated carbocycles. The molecule has 1 aliphatic rings. The summed E-state index contributed by atoms with van der Waals surface area (Å²) >= 11 is 0. The summed E-state index contributed by atoms with van der Waals surface area (Å²) in [6, 6.07) is 10.0. The van der Waals surface area contributed by atoms with Crippen molar-refractivity contribution in [3.63, 3.8) is 0 Å². The van der Waals surface area contributed by atoms with Crippen molar-refractivity contribution >= 4 is 5.95 Å². The molecule has 3 heterocycles. The zero-order valence-corrected chi connectivity index (χ0v) is 13.1. The van der Waals surface area contributed by atoms with Gasteiger partial charge in [-0.1, -0.05) is 23.3 Å². The Morgan fingerprint density at radius 2 is 1.87 bits per heavy atom. The summed E-state index contributed by atoms with van der Waals surface area (Å²) in [5.41, 5.74) is 2.32. The highest BCUT2D eigenvalue weighted by Crippen LogP contribution is 2.29. The van der Waals surface area contributed by atoms with Gasteiger partial charge in [-0.05, 0) is 46.9 Å². The Hall–Kier alpha value is -2.70. The summed E-state index contributed by atoms with van der Waals surface area (Å²) in [5, 5.41) is 16.5. The van der Waals surface area contributed by atoms with Crippen LogP contribution in [0, 0.1) is 0 Å². The van der Waals surface area contributed by atoms with Gasteiger partial charge < -0.3 is 4.90 Å². The van der Waals surface area contributed by atoms with Crippen molar-refractivity contribution in [3.8, 4) is 5.69 Å². The standard InChI is InChI=1S/C16H19N7/c1-21-12-14(11-17-21)13-7-9-22(10-8-13)16-18-19-20-23(16)15-5-3-2-4-6-15/h2-6,11-13H,7-10H2,1H3. The number of anilines is 1. The molecule has 23 heavy (non-hydrogen) atoms. The second-order valence-corrected chi connectivity index (χ2v) is 5.93. The average Bonchev–Trinajstić information content (AvgIpc) is 3.25. The molecule has 0 aliphatic carbocycles. The number of para-hydroxylation sites is 1. The molecular formula is C16H19N7. The Morgan fingerprint density at radius 1 is 1.09 bits per heavy atom. The maximum Gasteiger partial charge on any atom is 0.250 e. The fourth-order valence-corrected chi connectivity index (χ4v) is 3.18. The van der Waals surface area contributed by atoms with E-state index in [0.29, 0.717) is 5.92 Å². The SMILES string of the molecule is Cn1cc(C2CCN(c3nnnn3-c3ccccc3)CC2)cn1. The molecule has 0 N–H and O–H groups in total. The third-order valence-electron chi connectivity index (χ3n) is 4.43. The Bertz CT molecular complexity index is 769. The second-order valence-electron chi connectivity index (χ2n) is 5.93. The van der Waals surface area contributed by atoms with Crippen molar-refractivity contribution in [2.24, 2.45) is 7.05 Å². The lowest BCUT2D eigenvalue weighted by atomic mass is 9.92. The van der Waals surface area contributed by atoms with Gasteiger partial charge in [0.05, 0.1) is 11.9 Å². The summed E-state index contributed by atoms with van der Waals surface area (Å²) in [6.07, 6.45) is 6.28. The van der Waals surface area contributed by atoms with Gasteiger partial charge in [0, 0.05) is 26.3 Å². The van der Waals surface area contributed by atoms with Crippen LogP contribution >= 0.6 is 0 Å². The summed E-state index contributed by atoms with van der Waals surface area (Å²) in [4.78, 5) is 2.26. The van der Waals surface area contributed by atoms with E-state index in [1.54, 1.807) is 0 Å². The predicted molar refractivity (Wildman–Crippen MR) is 86.6 cm³/mol. The first-order valence-corrected chi connectivity index (χ1v) is 7.88. The van der Waals surface area contributed by atoms with Gasteiger partial charge in [-0.3, -0.25) is 4.68 Å². The Labute approximate surface area is 134 Å². The Kier molecular flexibility index (Phi) is 3.53. The number of rotatable bonds is 3. The topological polar surface area (TPSA) is 64.7 Å². The van der Waals surface area contributed by atoms with Crippen LogP contribution in [-0.2, 0) is 7.05 Å². The number of benzene rings is 1. The van der Waals surface area contributed by atoms with E-state index >= 15 is 0 Å². The van der Waals surface area contributed by atoms with Gasteiger partial charge in [-0.15, -0.1) is 0 Å². The third kappa shape index (κ3) is 2.69. The van der Waals surface area contributed by atoms with E-state index in [1.165, 1.54) is 5.56 Å². The van der Waals surface area contributed by atoms with E-state index in [0.717, 1.165) is 37.6 Å². The average molecular weight is 309 g/mol. The smallest absolute Gasteiger partial charge is 0.250 e. The number of piperidine rings is 1. The Morgan fingerprint density at radius 3 is 2.57 bits per heavy atom. The molecule has 0 atom stereocenters. The van der Waals surface area contributed by atoms with Crippen LogP contribution in [0.4, 0.5) is 5.95 Å². The van der Waals surface area contributed by atoms with Gasteiger partial charge in [-0.25, -0.2) is 0 Å². The normalized spacial score (nSPS) is 16.0. The number of aryl methyl sites for hydroxylation is 1. The van der Waals surface area contributed by atoms with Gasteiger partial charge in [0.15, 0.2) is 0 Å². The van der Waals surface area contributed by atoms with Crippen molar-refractivity contribution in [2.45, 2.75) is 18.8 Å². The van der Waals surface area contributed by atoms with Crippen molar-refractivity contribution in [2.75, 3.05) is 18.0 Å². The van der Waals surface area contributed by atoms with Gasteiger partial charge >= 0.3 is 0 Å². The number of nitrogens with zero attached hydrogens (tertiary/aromatic N) is 7. The molecule has 0 radical (unpaired) electrons. The van der Waals surface area contributed by atoms with E-state index in [1.807, 2.05) is 52.9 Å². The lowest BCUT2D eigenvalue weighted by Crippen LogP contribution is -2.34. The van der Waals surface area contributed by atoms with Gasteiger partial charge in [0.2, 0.25) is 5.95 Å². The van der Waals surface area contributed by atoms with Crippen LogP contribution in [0.25, 0.3) is 5.69 Å². The molecule has 0 unspecified atom stereocenters. The molecule has 1 aliphatic heterocycles. The summed E-state index contributed by atoms with van der Waals surface area (Å²) in [5.74, 6) is 1.39. The first-order chi connectivity index (χ1) is 11.3. The lowest BCUT2D eigenvalue weighted by molar-refractivity contribution is 0.496. The molecular weight excluding hydrogens is 290 g/mol. The van der Waals surface area contributed by atoms with Crippen LogP contribution in [0.5, 0.6) is 0 Å². The Balaban J connectivity index is 1.50. The van der Waals surface area contributed by atoms with Crippen LogP contribution in [-0.4, -0.2) is 43.1 Å². The molecule has 118 valence electrons. The molecule has 1 saturated heterocycles. The third-order valence-corrected chi connectivity index (χ3v) is 4.43. The molecule has 2 aromatic heterocycles. The minimum absolute atomic E-state index is 0.570. The van der Waals surface area contributed by atoms with Crippen molar-refractivity contribution in [1.82, 2.24) is 30.0 Å². The number of hydrogen-bond donors (Lipinski definition) is 0. The zero-order valence-electron chi connectivity index (χ0n) is 13.1. The second kappa shape index (κ2) is 5.83. The number of hydrogen-bond acceptors (Lipinski definition) is 5. The number of tetrazole rings is 1. The molecule has 0 bridgehead atoms. The molecule has 0 spiro atoms. The van der Waals surface area contributed by atoms with Gasteiger partial charge in [0.25, 0.3) is 0 Å². The molecule has 4 rings (SSSR count). The predicted octanol–water partition coefficient (Wildman–Crippen LogP) is 1.78. The van der Waals surface area contributed by atoms with Crippen molar-refractivity contribution in [1.29, 1.82) is 0 Å². The van der Waals surface area contributed by atoms with Crippen LogP contribution < -0.4 is 4.90 Å². The highest BCUT2D eigenvalue weighted by molar-refractivity contribution is 5.41. The summed E-state index contributed by atoms with van der Waals surface area (Å²) in [6.45, 7) is 1.90. The van der Waals surface area contributed by atoms with E-state index in [2.05, 4.69) is 31.7 Å². The first kappa shape index (κ1) is 13.9. The molecule has 1 aromatic carbocycles. The van der Waals surface area contributed by atoms with Gasteiger partial charge in [0.1, 0.15) is 0 Å². The minimum atomic E-state index is 0.570. The quantitative estimate of drug-likeness (QED) is 0.738. The number of aromatic nitrogens is 6. The minimum Gasteiger partial charge on any atom is -0.339 e. The van der Waals surface area contributed by atoms with E-state index in [-0.39, 0.29) is 0 Å². The highest BCUT2D eigenvalue weighted by Gasteiger charge is 2.25. The van der Waals surface area contributed by atoms with Crippen LogP contribution in [0.15, 0.2) is 42.7 Å². The van der Waals surface area contributed by atoms with Crippen LogP contribution in [0.1, 0.15) is 24.3 Å². The molecule has 1 fully saturated rings. The van der Waals surface area contributed by atoms with E-state index in [4.69, 9.17) is 0 Å². The largest absolute Gasteiger partial charge is 0.339 e. The molecule has 7 nitrogen and oxygen atoms in total. The lowest BCUT2D eigenvalue weighted by Gasteiger charge is -2.31. The maximum atomic E-state index is 4.28. The first-order valence-electron chi connectivity index (χ1n) is 7.88. The van der Waals surface area contributed by atoms with Crippen molar-refractivity contribution in [3.05, 3.63) is 48.3 Å². The van der Waals surface area contributed by atoms with Crippen LogP contribution in [0.2, 0.25) is 0 Å². The maximum absolute atomic E-state index is 4.28. The fourth-order valence-electron chi connectivity index (χ4n) is 3.18. The van der Waals surface area contributed by atoms with Gasteiger partial charge in [-0.2, -0.15) is 9.78 Å². The van der Waals surface area contributed by atoms with E-state index < -0.39 is 0 Å². The fraction of sp³-hybridized carbons (Fsp3) is 0.375.